The fourth-order valence-electron chi connectivity index (χ4n) is 2.02. The van der Waals surface area contributed by atoms with E-state index >= 15 is 0 Å². The van der Waals surface area contributed by atoms with Gasteiger partial charge in [-0.2, -0.15) is 0 Å². The summed E-state index contributed by atoms with van der Waals surface area (Å²) >= 11 is 0. The van der Waals surface area contributed by atoms with E-state index in [1.807, 2.05) is 12.1 Å². The second-order valence-electron chi connectivity index (χ2n) is 4.57. The lowest BCUT2D eigenvalue weighted by Gasteiger charge is -2.05. The quantitative estimate of drug-likeness (QED) is 0.830. The molecule has 4 heteroatoms. The van der Waals surface area contributed by atoms with E-state index in [1.165, 1.54) is 17.5 Å². The number of methoxy groups -OCH3 is 1. The molecule has 0 saturated carbocycles. The largest absolute Gasteiger partial charge is 0.481 e. The molecule has 0 aliphatic rings. The summed E-state index contributed by atoms with van der Waals surface area (Å²) in [6, 6.07) is 6.11. The summed E-state index contributed by atoms with van der Waals surface area (Å²) in [5.41, 5.74) is 2.49. The van der Waals surface area contributed by atoms with Gasteiger partial charge in [0.1, 0.15) is 0 Å². The summed E-state index contributed by atoms with van der Waals surface area (Å²) in [6.07, 6.45) is 7.27. The van der Waals surface area contributed by atoms with Gasteiger partial charge in [-0.3, -0.25) is 0 Å². The maximum Gasteiger partial charge on any atom is 0.213 e. The van der Waals surface area contributed by atoms with Crippen molar-refractivity contribution in [3.8, 4) is 5.88 Å². The highest BCUT2D eigenvalue weighted by atomic mass is 16.5. The topological polar surface area (TPSA) is 39.1 Å². The third-order valence-corrected chi connectivity index (χ3v) is 2.96. The average Bonchev–Trinajstić information content (AvgIpc) is 2.87. The number of pyridine rings is 1. The van der Waals surface area contributed by atoms with E-state index in [0.717, 1.165) is 19.6 Å². The van der Waals surface area contributed by atoms with E-state index in [2.05, 4.69) is 40.3 Å². The lowest BCUT2D eigenvalue weighted by atomic mass is 10.2. The number of ether oxygens (including phenoxy) is 1. The highest BCUT2D eigenvalue weighted by molar-refractivity contribution is 5.20. The molecule has 19 heavy (non-hydrogen) atoms. The number of nitrogens with zero attached hydrogens (tertiary/aromatic N) is 2. The Hall–Kier alpha value is -1.81. The molecule has 2 aromatic rings. The maximum absolute atomic E-state index is 5.11. The SMILES string of the molecule is CCCn1ccc(CNCc2ccnc(OC)c2)c1. The first kappa shape index (κ1) is 13.6. The smallest absolute Gasteiger partial charge is 0.213 e. The van der Waals surface area contributed by atoms with E-state index < -0.39 is 0 Å². The van der Waals surface area contributed by atoms with Crippen LogP contribution in [-0.2, 0) is 19.6 Å². The summed E-state index contributed by atoms with van der Waals surface area (Å²) in [5.74, 6) is 0.661. The molecule has 0 unspecified atom stereocenters. The van der Waals surface area contributed by atoms with Gasteiger partial charge in [0.25, 0.3) is 0 Å². The van der Waals surface area contributed by atoms with Crippen molar-refractivity contribution >= 4 is 0 Å². The number of aryl methyl sites for hydroxylation is 1. The Labute approximate surface area is 114 Å². The number of hydrogen-bond donors (Lipinski definition) is 1. The van der Waals surface area contributed by atoms with E-state index in [0.29, 0.717) is 5.88 Å². The summed E-state index contributed by atoms with van der Waals surface area (Å²) in [5, 5.41) is 3.43. The van der Waals surface area contributed by atoms with Crippen LogP contribution < -0.4 is 10.1 Å². The second kappa shape index (κ2) is 6.95. The molecule has 0 aliphatic heterocycles. The van der Waals surface area contributed by atoms with Crippen LogP contribution in [0.5, 0.6) is 5.88 Å². The van der Waals surface area contributed by atoms with Gasteiger partial charge >= 0.3 is 0 Å². The van der Waals surface area contributed by atoms with Crippen LogP contribution in [0.4, 0.5) is 0 Å². The highest BCUT2D eigenvalue weighted by Gasteiger charge is 1.99. The molecule has 4 nitrogen and oxygen atoms in total. The van der Waals surface area contributed by atoms with Crippen molar-refractivity contribution in [3.63, 3.8) is 0 Å². The number of aromatic nitrogens is 2. The summed E-state index contributed by atoms with van der Waals surface area (Å²) in [6.45, 7) is 4.97. The van der Waals surface area contributed by atoms with E-state index in [4.69, 9.17) is 4.74 Å². The van der Waals surface area contributed by atoms with Gasteiger partial charge in [-0.05, 0) is 29.7 Å². The lowest BCUT2D eigenvalue weighted by molar-refractivity contribution is 0.397. The summed E-state index contributed by atoms with van der Waals surface area (Å²) in [7, 11) is 1.63. The molecular formula is C15H21N3O. The monoisotopic (exact) mass is 259 g/mol. The van der Waals surface area contributed by atoms with Crippen molar-refractivity contribution in [1.29, 1.82) is 0 Å². The van der Waals surface area contributed by atoms with E-state index in [9.17, 15) is 0 Å². The van der Waals surface area contributed by atoms with E-state index in [-0.39, 0.29) is 0 Å². The van der Waals surface area contributed by atoms with E-state index in [1.54, 1.807) is 13.3 Å². The third-order valence-electron chi connectivity index (χ3n) is 2.96. The maximum atomic E-state index is 5.11. The second-order valence-corrected chi connectivity index (χ2v) is 4.57. The lowest BCUT2D eigenvalue weighted by Crippen LogP contribution is -2.12. The predicted molar refractivity (Wildman–Crippen MR) is 76.1 cm³/mol. The van der Waals surface area contributed by atoms with Gasteiger partial charge in [-0.1, -0.05) is 6.92 Å². The minimum atomic E-state index is 0.661. The van der Waals surface area contributed by atoms with Gasteiger partial charge in [0.15, 0.2) is 0 Å². The molecule has 0 spiro atoms. The van der Waals surface area contributed by atoms with Crippen molar-refractivity contribution in [2.75, 3.05) is 7.11 Å². The standard InChI is InChI=1S/C15H21N3O/c1-3-7-18-8-5-14(12-18)11-16-10-13-4-6-17-15(9-13)19-2/h4-6,8-9,12,16H,3,7,10-11H2,1-2H3. The summed E-state index contributed by atoms with van der Waals surface area (Å²) < 4.78 is 7.34. The molecule has 0 saturated heterocycles. The first-order valence-corrected chi connectivity index (χ1v) is 6.66. The fraction of sp³-hybridized carbons (Fsp3) is 0.400. The van der Waals surface area contributed by atoms with Crippen molar-refractivity contribution in [2.45, 2.75) is 33.0 Å². The van der Waals surface area contributed by atoms with Crippen LogP contribution in [0.2, 0.25) is 0 Å². The zero-order valence-corrected chi connectivity index (χ0v) is 11.6. The van der Waals surface area contributed by atoms with Crippen molar-refractivity contribution in [1.82, 2.24) is 14.9 Å². The van der Waals surface area contributed by atoms with Crippen LogP contribution in [0, 0.1) is 0 Å². The molecule has 1 N–H and O–H groups in total. The molecule has 2 rings (SSSR count). The van der Waals surface area contributed by atoms with Crippen molar-refractivity contribution in [2.24, 2.45) is 0 Å². The number of nitrogens with one attached hydrogen (secondary N) is 1. The Kier molecular flexibility index (Phi) is 4.98. The Bertz CT molecular complexity index is 508. The van der Waals surface area contributed by atoms with Gasteiger partial charge in [0, 0.05) is 44.3 Å². The zero-order valence-electron chi connectivity index (χ0n) is 11.6. The van der Waals surface area contributed by atoms with Gasteiger partial charge < -0.3 is 14.6 Å². The molecule has 0 aliphatic carbocycles. The van der Waals surface area contributed by atoms with Gasteiger partial charge in [-0.25, -0.2) is 4.98 Å². The number of rotatable bonds is 7. The van der Waals surface area contributed by atoms with Crippen LogP contribution in [0.25, 0.3) is 0 Å². The molecule has 102 valence electrons. The zero-order chi connectivity index (χ0) is 13.5. The fourth-order valence-corrected chi connectivity index (χ4v) is 2.02. The molecule has 2 aromatic heterocycles. The Morgan fingerprint density at radius 2 is 2.11 bits per heavy atom. The normalized spacial score (nSPS) is 10.6. The minimum Gasteiger partial charge on any atom is -0.481 e. The first-order valence-electron chi connectivity index (χ1n) is 6.66. The van der Waals surface area contributed by atoms with Crippen LogP contribution in [0.3, 0.4) is 0 Å². The molecule has 0 fully saturated rings. The predicted octanol–water partition coefficient (Wildman–Crippen LogP) is 2.59. The molecule has 2 heterocycles. The van der Waals surface area contributed by atoms with Crippen LogP contribution >= 0.6 is 0 Å². The van der Waals surface area contributed by atoms with Crippen LogP contribution in [-0.4, -0.2) is 16.7 Å². The Balaban J connectivity index is 1.81. The first-order chi connectivity index (χ1) is 9.31. The average molecular weight is 259 g/mol. The highest BCUT2D eigenvalue weighted by Crippen LogP contribution is 2.08. The third kappa shape index (κ3) is 4.10. The molecule has 0 radical (unpaired) electrons. The minimum absolute atomic E-state index is 0.661. The van der Waals surface area contributed by atoms with Crippen LogP contribution in [0.1, 0.15) is 24.5 Å². The molecule has 0 aromatic carbocycles. The summed E-state index contributed by atoms with van der Waals surface area (Å²) in [4.78, 5) is 4.09. The van der Waals surface area contributed by atoms with Gasteiger partial charge in [0.2, 0.25) is 5.88 Å². The Morgan fingerprint density at radius 3 is 2.89 bits per heavy atom. The molecule has 0 atom stereocenters. The van der Waals surface area contributed by atoms with Crippen LogP contribution in [0.15, 0.2) is 36.8 Å². The van der Waals surface area contributed by atoms with Gasteiger partial charge in [0.05, 0.1) is 7.11 Å². The van der Waals surface area contributed by atoms with Gasteiger partial charge in [-0.15, -0.1) is 0 Å². The molecule has 0 bridgehead atoms. The molecular weight excluding hydrogens is 238 g/mol. The molecule has 0 amide bonds. The van der Waals surface area contributed by atoms with Crippen molar-refractivity contribution < 1.29 is 4.74 Å². The Morgan fingerprint density at radius 1 is 1.26 bits per heavy atom. The van der Waals surface area contributed by atoms with Crippen molar-refractivity contribution in [3.05, 3.63) is 47.9 Å². The number of hydrogen-bond acceptors (Lipinski definition) is 3.